The van der Waals surface area contributed by atoms with Crippen molar-refractivity contribution in [2.75, 3.05) is 12.4 Å². The fraction of sp³-hybridized carbons (Fsp3) is 0.250. The predicted octanol–water partition coefficient (Wildman–Crippen LogP) is 4.44. The van der Waals surface area contributed by atoms with E-state index in [2.05, 4.69) is 10.1 Å². The normalized spacial score (nSPS) is 16.7. The van der Waals surface area contributed by atoms with Gasteiger partial charge >= 0.3 is 6.36 Å². The maximum atomic E-state index is 13.5. The average molecular weight is 327 g/mol. The number of rotatable bonds is 3. The molecule has 122 valence electrons. The number of anilines is 1. The van der Waals surface area contributed by atoms with Crippen LogP contribution >= 0.6 is 0 Å². The minimum absolute atomic E-state index is 0.273. The first-order chi connectivity index (χ1) is 10.9. The highest BCUT2D eigenvalue weighted by Crippen LogP contribution is 2.40. The molecule has 1 atom stereocenters. The Bertz CT molecular complexity index is 731. The smallest absolute Gasteiger partial charge is 0.496 e. The lowest BCUT2D eigenvalue weighted by Crippen LogP contribution is -2.17. The van der Waals surface area contributed by atoms with Crippen LogP contribution in [0.25, 0.3) is 0 Å². The van der Waals surface area contributed by atoms with Crippen molar-refractivity contribution in [1.29, 1.82) is 0 Å². The summed E-state index contributed by atoms with van der Waals surface area (Å²) in [7, 11) is 1.48. The Morgan fingerprint density at radius 1 is 1.13 bits per heavy atom. The van der Waals surface area contributed by atoms with Crippen LogP contribution in [0.2, 0.25) is 0 Å². The molecule has 1 unspecified atom stereocenters. The minimum atomic E-state index is -4.73. The standard InChI is InChI=1S/C16H13F4NO2/c1-22-15-5-2-10(17)8-12(15)14-7-9-6-11(23-16(18,19)20)3-4-13(9)21-14/h2-6,8,14,21H,7H2,1H3. The molecule has 3 nitrogen and oxygen atoms in total. The topological polar surface area (TPSA) is 30.5 Å². The zero-order chi connectivity index (χ0) is 16.6. The zero-order valence-electron chi connectivity index (χ0n) is 12.1. The number of alkyl halides is 3. The van der Waals surface area contributed by atoms with E-state index in [1.165, 1.54) is 43.5 Å². The van der Waals surface area contributed by atoms with Gasteiger partial charge in [-0.05, 0) is 48.4 Å². The Balaban J connectivity index is 1.86. The molecule has 0 aliphatic carbocycles. The lowest BCUT2D eigenvalue weighted by molar-refractivity contribution is -0.274. The van der Waals surface area contributed by atoms with Crippen molar-refractivity contribution in [3.63, 3.8) is 0 Å². The van der Waals surface area contributed by atoms with E-state index >= 15 is 0 Å². The van der Waals surface area contributed by atoms with Gasteiger partial charge in [-0.1, -0.05) is 0 Å². The van der Waals surface area contributed by atoms with E-state index in [0.29, 0.717) is 29.0 Å². The summed E-state index contributed by atoms with van der Waals surface area (Å²) in [5.41, 5.74) is 1.97. The summed E-state index contributed by atoms with van der Waals surface area (Å²) in [6.45, 7) is 0. The van der Waals surface area contributed by atoms with E-state index < -0.39 is 12.2 Å². The Hall–Kier alpha value is -2.44. The van der Waals surface area contributed by atoms with E-state index in [1.54, 1.807) is 0 Å². The number of hydrogen-bond acceptors (Lipinski definition) is 3. The maximum absolute atomic E-state index is 13.5. The number of benzene rings is 2. The van der Waals surface area contributed by atoms with E-state index in [-0.39, 0.29) is 11.8 Å². The summed E-state index contributed by atoms with van der Waals surface area (Å²) in [4.78, 5) is 0. The van der Waals surface area contributed by atoms with Crippen molar-refractivity contribution in [2.24, 2.45) is 0 Å². The Labute approximate surface area is 129 Å². The third-order valence-electron chi connectivity index (χ3n) is 3.63. The molecule has 1 N–H and O–H groups in total. The van der Waals surface area contributed by atoms with Crippen LogP contribution in [0.4, 0.5) is 23.2 Å². The minimum Gasteiger partial charge on any atom is -0.496 e. The molecular formula is C16H13F4NO2. The van der Waals surface area contributed by atoms with E-state index in [4.69, 9.17) is 4.74 Å². The Kier molecular flexibility index (Phi) is 3.79. The van der Waals surface area contributed by atoms with Crippen molar-refractivity contribution in [1.82, 2.24) is 0 Å². The second kappa shape index (κ2) is 5.64. The second-order valence-electron chi connectivity index (χ2n) is 5.15. The number of fused-ring (bicyclic) bond motifs is 1. The van der Waals surface area contributed by atoms with Crippen LogP contribution in [-0.2, 0) is 6.42 Å². The molecule has 1 aliphatic heterocycles. The number of hydrogen-bond donors (Lipinski definition) is 1. The molecule has 1 heterocycles. The van der Waals surface area contributed by atoms with Gasteiger partial charge in [0.15, 0.2) is 0 Å². The van der Waals surface area contributed by atoms with Gasteiger partial charge in [-0.15, -0.1) is 13.2 Å². The van der Waals surface area contributed by atoms with Gasteiger partial charge in [0.05, 0.1) is 13.2 Å². The van der Waals surface area contributed by atoms with Crippen LogP contribution < -0.4 is 14.8 Å². The summed E-state index contributed by atoms with van der Waals surface area (Å²) >= 11 is 0. The van der Waals surface area contributed by atoms with Gasteiger partial charge in [0.2, 0.25) is 0 Å². The summed E-state index contributed by atoms with van der Waals surface area (Å²) in [5, 5.41) is 3.16. The highest BCUT2D eigenvalue weighted by molar-refractivity contribution is 5.61. The molecule has 0 amide bonds. The zero-order valence-corrected chi connectivity index (χ0v) is 12.1. The van der Waals surface area contributed by atoms with Crippen molar-refractivity contribution < 1.29 is 27.0 Å². The van der Waals surface area contributed by atoms with Crippen LogP contribution in [0.15, 0.2) is 36.4 Å². The number of halogens is 4. The van der Waals surface area contributed by atoms with Gasteiger partial charge in [0.25, 0.3) is 0 Å². The van der Waals surface area contributed by atoms with Gasteiger partial charge in [-0.25, -0.2) is 4.39 Å². The van der Waals surface area contributed by atoms with Crippen LogP contribution in [0.1, 0.15) is 17.2 Å². The molecule has 0 fully saturated rings. The van der Waals surface area contributed by atoms with Gasteiger partial charge in [-0.3, -0.25) is 0 Å². The number of nitrogens with one attached hydrogen (secondary N) is 1. The van der Waals surface area contributed by atoms with Crippen molar-refractivity contribution in [2.45, 2.75) is 18.8 Å². The molecule has 0 bridgehead atoms. The van der Waals surface area contributed by atoms with Gasteiger partial charge < -0.3 is 14.8 Å². The first kappa shape index (κ1) is 15.5. The molecular weight excluding hydrogens is 314 g/mol. The average Bonchev–Trinajstić information content (AvgIpc) is 2.88. The molecule has 0 saturated heterocycles. The van der Waals surface area contributed by atoms with Crippen molar-refractivity contribution >= 4 is 5.69 Å². The lowest BCUT2D eigenvalue weighted by atomic mass is 10.0. The largest absolute Gasteiger partial charge is 0.573 e. The molecule has 7 heteroatoms. The number of methoxy groups -OCH3 is 1. The summed E-state index contributed by atoms with van der Waals surface area (Å²) in [6.07, 6.45) is -4.32. The fourth-order valence-electron chi connectivity index (χ4n) is 2.70. The summed E-state index contributed by atoms with van der Waals surface area (Å²) < 4.78 is 59.5. The van der Waals surface area contributed by atoms with Gasteiger partial charge in [-0.2, -0.15) is 0 Å². The Morgan fingerprint density at radius 3 is 2.61 bits per heavy atom. The van der Waals surface area contributed by atoms with E-state index in [9.17, 15) is 17.6 Å². The highest BCUT2D eigenvalue weighted by Gasteiger charge is 2.32. The van der Waals surface area contributed by atoms with Gasteiger partial charge in [0, 0.05) is 11.3 Å². The third-order valence-corrected chi connectivity index (χ3v) is 3.63. The fourth-order valence-corrected chi connectivity index (χ4v) is 2.70. The first-order valence-electron chi connectivity index (χ1n) is 6.84. The second-order valence-corrected chi connectivity index (χ2v) is 5.15. The van der Waals surface area contributed by atoms with Gasteiger partial charge in [0.1, 0.15) is 17.3 Å². The van der Waals surface area contributed by atoms with Crippen LogP contribution in [0, 0.1) is 5.82 Å². The molecule has 0 aromatic heterocycles. The Morgan fingerprint density at radius 2 is 1.91 bits per heavy atom. The van der Waals surface area contributed by atoms with Crippen LogP contribution in [0.5, 0.6) is 11.5 Å². The molecule has 23 heavy (non-hydrogen) atoms. The maximum Gasteiger partial charge on any atom is 0.573 e. The monoisotopic (exact) mass is 327 g/mol. The van der Waals surface area contributed by atoms with Crippen LogP contribution in [0.3, 0.4) is 0 Å². The molecule has 1 aliphatic rings. The SMILES string of the molecule is COc1ccc(F)cc1C1Cc2cc(OC(F)(F)F)ccc2N1. The lowest BCUT2D eigenvalue weighted by Gasteiger charge is -2.15. The first-order valence-corrected chi connectivity index (χ1v) is 6.84. The molecule has 2 aromatic carbocycles. The summed E-state index contributed by atoms with van der Waals surface area (Å²) in [6, 6.07) is 7.98. The predicted molar refractivity (Wildman–Crippen MR) is 76.1 cm³/mol. The summed E-state index contributed by atoms with van der Waals surface area (Å²) in [5.74, 6) is -0.159. The quantitative estimate of drug-likeness (QED) is 0.845. The van der Waals surface area contributed by atoms with E-state index in [1.807, 2.05) is 0 Å². The van der Waals surface area contributed by atoms with Crippen LogP contribution in [-0.4, -0.2) is 13.5 Å². The molecule has 3 rings (SSSR count). The molecule has 2 aromatic rings. The molecule has 0 saturated carbocycles. The van der Waals surface area contributed by atoms with Crippen molar-refractivity contribution in [3.8, 4) is 11.5 Å². The van der Waals surface area contributed by atoms with Crippen molar-refractivity contribution in [3.05, 3.63) is 53.3 Å². The molecule has 0 spiro atoms. The molecule has 0 radical (unpaired) electrons. The highest BCUT2D eigenvalue weighted by atomic mass is 19.4. The third kappa shape index (κ3) is 3.33. The number of ether oxygens (including phenoxy) is 2. The van der Waals surface area contributed by atoms with E-state index in [0.717, 1.165) is 0 Å².